The zero-order valence-corrected chi connectivity index (χ0v) is 8.96. The standard InChI is InChI=1S/C12H16N2/c1-12(2,3)8-9-4-6-13-11-10(9)5-7-14-11/h4-7H,8H2,1-3H3,(H,13,14). The molecule has 0 spiro atoms. The molecule has 2 heterocycles. The fraction of sp³-hybridized carbons (Fsp3) is 0.417. The first-order valence-corrected chi connectivity index (χ1v) is 4.97. The molecule has 0 fully saturated rings. The summed E-state index contributed by atoms with van der Waals surface area (Å²) in [5, 5.41) is 1.25. The van der Waals surface area contributed by atoms with Crippen LogP contribution in [0, 0.1) is 5.41 Å². The highest BCUT2D eigenvalue weighted by molar-refractivity contribution is 5.79. The van der Waals surface area contributed by atoms with Gasteiger partial charge in [0.05, 0.1) is 0 Å². The molecule has 0 unspecified atom stereocenters. The van der Waals surface area contributed by atoms with E-state index in [2.05, 4.69) is 42.9 Å². The van der Waals surface area contributed by atoms with Gasteiger partial charge in [-0.25, -0.2) is 4.98 Å². The van der Waals surface area contributed by atoms with Crippen LogP contribution in [0.15, 0.2) is 24.5 Å². The topological polar surface area (TPSA) is 28.7 Å². The van der Waals surface area contributed by atoms with E-state index >= 15 is 0 Å². The summed E-state index contributed by atoms with van der Waals surface area (Å²) in [5.41, 5.74) is 2.70. The number of hydrogen-bond donors (Lipinski definition) is 1. The summed E-state index contributed by atoms with van der Waals surface area (Å²) in [6, 6.07) is 4.21. The number of rotatable bonds is 1. The van der Waals surface area contributed by atoms with Crippen molar-refractivity contribution in [1.29, 1.82) is 0 Å². The lowest BCUT2D eigenvalue weighted by Gasteiger charge is -2.18. The Balaban J connectivity index is 2.46. The number of hydrogen-bond acceptors (Lipinski definition) is 1. The summed E-state index contributed by atoms with van der Waals surface area (Å²) in [6.07, 6.45) is 4.91. The van der Waals surface area contributed by atoms with Crippen molar-refractivity contribution in [2.45, 2.75) is 27.2 Å². The lowest BCUT2D eigenvalue weighted by atomic mass is 9.87. The Labute approximate surface area is 84.4 Å². The molecule has 0 radical (unpaired) electrons. The number of aromatic nitrogens is 2. The summed E-state index contributed by atoms with van der Waals surface area (Å²) in [4.78, 5) is 7.41. The zero-order valence-electron chi connectivity index (χ0n) is 8.96. The molecule has 0 saturated heterocycles. The maximum absolute atomic E-state index is 4.28. The lowest BCUT2D eigenvalue weighted by Crippen LogP contribution is -2.09. The quantitative estimate of drug-likeness (QED) is 0.731. The van der Waals surface area contributed by atoms with Crippen molar-refractivity contribution in [2.75, 3.05) is 0 Å². The summed E-state index contributed by atoms with van der Waals surface area (Å²) >= 11 is 0. The predicted molar refractivity (Wildman–Crippen MR) is 59.3 cm³/mol. The molecule has 14 heavy (non-hydrogen) atoms. The zero-order chi connectivity index (χ0) is 10.2. The predicted octanol–water partition coefficient (Wildman–Crippen LogP) is 3.15. The second-order valence-corrected chi connectivity index (χ2v) is 4.95. The van der Waals surface area contributed by atoms with Crippen LogP contribution in [0.1, 0.15) is 26.3 Å². The van der Waals surface area contributed by atoms with E-state index in [0.717, 1.165) is 12.1 Å². The normalized spacial score (nSPS) is 12.2. The second-order valence-electron chi connectivity index (χ2n) is 4.95. The van der Waals surface area contributed by atoms with E-state index in [1.54, 1.807) is 0 Å². The molecular formula is C12H16N2. The van der Waals surface area contributed by atoms with Crippen LogP contribution in [0.2, 0.25) is 0 Å². The molecule has 2 aromatic heterocycles. The van der Waals surface area contributed by atoms with Crippen LogP contribution < -0.4 is 0 Å². The second kappa shape index (κ2) is 3.12. The highest BCUT2D eigenvalue weighted by Crippen LogP contribution is 2.24. The Morgan fingerprint density at radius 3 is 2.79 bits per heavy atom. The van der Waals surface area contributed by atoms with E-state index in [4.69, 9.17) is 0 Å². The number of nitrogens with one attached hydrogen (secondary N) is 1. The van der Waals surface area contributed by atoms with Gasteiger partial charge in [0.25, 0.3) is 0 Å². The number of fused-ring (bicyclic) bond motifs is 1. The third-order valence-electron chi connectivity index (χ3n) is 2.27. The van der Waals surface area contributed by atoms with Gasteiger partial charge in [0, 0.05) is 17.8 Å². The van der Waals surface area contributed by atoms with E-state index in [9.17, 15) is 0 Å². The van der Waals surface area contributed by atoms with Crippen LogP contribution in [-0.4, -0.2) is 9.97 Å². The van der Waals surface area contributed by atoms with Gasteiger partial charge in [-0.15, -0.1) is 0 Å². The summed E-state index contributed by atoms with van der Waals surface area (Å²) in [5.74, 6) is 0. The van der Waals surface area contributed by atoms with Gasteiger partial charge in [-0.3, -0.25) is 0 Å². The Hall–Kier alpha value is -1.31. The molecule has 0 aliphatic carbocycles. The number of pyridine rings is 1. The maximum Gasteiger partial charge on any atom is 0.137 e. The minimum Gasteiger partial charge on any atom is -0.346 e. The van der Waals surface area contributed by atoms with Gasteiger partial charge in [0.15, 0.2) is 0 Å². The van der Waals surface area contributed by atoms with Crippen LogP contribution in [0.3, 0.4) is 0 Å². The Bertz CT molecular complexity index is 435. The molecule has 1 N–H and O–H groups in total. The highest BCUT2D eigenvalue weighted by atomic mass is 14.8. The van der Waals surface area contributed by atoms with Crippen LogP contribution in [0.5, 0.6) is 0 Å². The van der Waals surface area contributed by atoms with E-state index < -0.39 is 0 Å². The average Bonchev–Trinajstić information content (AvgIpc) is 2.49. The first kappa shape index (κ1) is 9.25. The van der Waals surface area contributed by atoms with E-state index in [-0.39, 0.29) is 0 Å². The van der Waals surface area contributed by atoms with Gasteiger partial charge in [0.2, 0.25) is 0 Å². The van der Waals surface area contributed by atoms with Crippen molar-refractivity contribution >= 4 is 11.0 Å². The molecule has 0 aliphatic rings. The van der Waals surface area contributed by atoms with E-state index in [0.29, 0.717) is 5.41 Å². The third-order valence-corrected chi connectivity index (χ3v) is 2.27. The molecule has 2 rings (SSSR count). The molecule has 2 nitrogen and oxygen atoms in total. The van der Waals surface area contributed by atoms with Gasteiger partial charge in [0.1, 0.15) is 5.65 Å². The molecule has 2 aromatic rings. The average molecular weight is 188 g/mol. The molecule has 0 aliphatic heterocycles. The van der Waals surface area contributed by atoms with E-state index in [1.165, 1.54) is 10.9 Å². The van der Waals surface area contributed by atoms with Gasteiger partial charge in [-0.1, -0.05) is 20.8 Å². The number of nitrogens with zero attached hydrogens (tertiary/aromatic N) is 1. The van der Waals surface area contributed by atoms with Gasteiger partial charge < -0.3 is 4.98 Å². The van der Waals surface area contributed by atoms with Crippen molar-refractivity contribution in [2.24, 2.45) is 5.41 Å². The van der Waals surface area contributed by atoms with Crippen molar-refractivity contribution in [1.82, 2.24) is 9.97 Å². The van der Waals surface area contributed by atoms with Crippen molar-refractivity contribution in [3.8, 4) is 0 Å². The first-order chi connectivity index (χ1) is 6.56. The Kier molecular flexibility index (Phi) is 2.06. The molecular weight excluding hydrogens is 172 g/mol. The first-order valence-electron chi connectivity index (χ1n) is 4.97. The largest absolute Gasteiger partial charge is 0.346 e. The molecule has 0 amide bonds. The molecule has 0 saturated carbocycles. The van der Waals surface area contributed by atoms with Crippen LogP contribution in [0.4, 0.5) is 0 Å². The van der Waals surface area contributed by atoms with Crippen molar-refractivity contribution < 1.29 is 0 Å². The molecule has 0 bridgehead atoms. The van der Waals surface area contributed by atoms with Crippen molar-refractivity contribution in [3.05, 3.63) is 30.1 Å². The third kappa shape index (κ3) is 1.79. The minimum atomic E-state index is 0.325. The fourth-order valence-electron chi connectivity index (χ4n) is 1.74. The maximum atomic E-state index is 4.28. The van der Waals surface area contributed by atoms with Crippen LogP contribution in [-0.2, 0) is 6.42 Å². The van der Waals surface area contributed by atoms with Gasteiger partial charge in [-0.2, -0.15) is 0 Å². The minimum absolute atomic E-state index is 0.325. The summed E-state index contributed by atoms with van der Waals surface area (Å²) < 4.78 is 0. The van der Waals surface area contributed by atoms with Crippen molar-refractivity contribution in [3.63, 3.8) is 0 Å². The Morgan fingerprint density at radius 1 is 1.29 bits per heavy atom. The molecule has 2 heteroatoms. The van der Waals surface area contributed by atoms with Crippen LogP contribution >= 0.6 is 0 Å². The van der Waals surface area contributed by atoms with Crippen LogP contribution in [0.25, 0.3) is 11.0 Å². The molecule has 0 aromatic carbocycles. The summed E-state index contributed by atoms with van der Waals surface area (Å²) in [6.45, 7) is 6.77. The molecule has 0 atom stereocenters. The summed E-state index contributed by atoms with van der Waals surface area (Å²) in [7, 11) is 0. The number of aromatic amines is 1. The number of H-pyrrole nitrogens is 1. The smallest absolute Gasteiger partial charge is 0.137 e. The van der Waals surface area contributed by atoms with E-state index in [1.807, 2.05) is 12.4 Å². The van der Waals surface area contributed by atoms with Gasteiger partial charge in [-0.05, 0) is 29.5 Å². The fourth-order valence-corrected chi connectivity index (χ4v) is 1.74. The Morgan fingerprint density at radius 2 is 2.07 bits per heavy atom. The monoisotopic (exact) mass is 188 g/mol. The highest BCUT2D eigenvalue weighted by Gasteiger charge is 2.13. The lowest BCUT2D eigenvalue weighted by molar-refractivity contribution is 0.412. The molecule has 74 valence electrons. The van der Waals surface area contributed by atoms with Gasteiger partial charge >= 0.3 is 0 Å². The SMILES string of the molecule is CC(C)(C)Cc1ccnc2[nH]ccc12.